The fraction of sp³-hybridized carbons (Fsp3) is 0.211. The van der Waals surface area contributed by atoms with Gasteiger partial charge in [0.25, 0.3) is 0 Å². The lowest BCUT2D eigenvalue weighted by atomic mass is 9.65. The van der Waals surface area contributed by atoms with E-state index in [2.05, 4.69) is 0 Å². The van der Waals surface area contributed by atoms with Crippen LogP contribution in [0.15, 0.2) is 60.2 Å². The highest BCUT2D eigenvalue weighted by Gasteiger charge is 2.51. The van der Waals surface area contributed by atoms with Crippen molar-refractivity contribution in [1.82, 2.24) is 0 Å². The Balaban J connectivity index is 1.96. The van der Waals surface area contributed by atoms with Crippen LogP contribution in [0.1, 0.15) is 11.1 Å². The fourth-order valence-electron chi connectivity index (χ4n) is 3.19. The third-order valence-electron chi connectivity index (χ3n) is 5.37. The molecule has 0 amide bonds. The summed E-state index contributed by atoms with van der Waals surface area (Å²) in [7, 11) is 3.08. The summed E-state index contributed by atoms with van der Waals surface area (Å²) in [5.41, 5.74) is 5.15. The van der Waals surface area contributed by atoms with Gasteiger partial charge >= 0.3 is 10.1 Å². The van der Waals surface area contributed by atoms with Gasteiger partial charge in [0.15, 0.2) is 13.3 Å². The molecule has 0 aliphatic carbocycles. The van der Waals surface area contributed by atoms with Gasteiger partial charge in [-0.25, -0.2) is 0 Å². The Labute approximate surface area is 184 Å². The van der Waals surface area contributed by atoms with Gasteiger partial charge in [0, 0.05) is 11.6 Å². The summed E-state index contributed by atoms with van der Waals surface area (Å²) in [4.78, 5) is 13.2. The van der Waals surface area contributed by atoms with Crippen molar-refractivity contribution < 1.29 is 31.6 Å². The highest BCUT2D eigenvalue weighted by Crippen LogP contribution is 2.40. The number of benzene rings is 2. The summed E-state index contributed by atoms with van der Waals surface area (Å²) >= 11 is 0. The number of carbonyl (C=O) groups excluding carboxylic acids is 1. The van der Waals surface area contributed by atoms with Crippen LogP contribution in [-0.4, -0.2) is 52.0 Å². The zero-order chi connectivity index (χ0) is 23.0. The molecule has 0 saturated heterocycles. The number of nitrogens with two attached hydrogens (primary N) is 1. The van der Waals surface area contributed by atoms with Crippen LogP contribution in [0.5, 0.6) is 11.5 Å². The second kappa shape index (κ2) is 7.92. The van der Waals surface area contributed by atoms with E-state index in [1.54, 1.807) is 48.5 Å². The third kappa shape index (κ3) is 3.87. The number of rotatable bonds is 7. The largest absolute Gasteiger partial charge is 0.497 e. The molecule has 0 saturated carbocycles. The van der Waals surface area contributed by atoms with Crippen LogP contribution in [-0.2, 0) is 33.9 Å². The molecule has 1 aliphatic heterocycles. The van der Waals surface area contributed by atoms with Crippen LogP contribution in [0, 0.1) is 0 Å². The van der Waals surface area contributed by atoms with Crippen molar-refractivity contribution in [2.24, 2.45) is 5.73 Å². The molecule has 0 spiro atoms. The monoisotopic (exact) mass is 441 g/mol. The average molecular weight is 441 g/mol. The lowest BCUT2D eigenvalue weighted by molar-refractivity contribution is -0.126. The van der Waals surface area contributed by atoms with Gasteiger partial charge in [0.1, 0.15) is 27.2 Å². The number of hydrogen-bond donors (Lipinski definition) is 1. The molecule has 160 valence electrons. The Morgan fingerprint density at radius 1 is 1.03 bits per heavy atom. The van der Waals surface area contributed by atoms with Crippen molar-refractivity contribution in [3.63, 3.8) is 0 Å². The molecule has 31 heavy (non-hydrogen) atoms. The molecular formula is C19H22B3NO7S. The SMILES string of the molecule is BC(B)(c1ccccc1)S(=O)(=O)OC1=C(N)O[C@@](B)(c2cc(OC)cc(OC)c2)C1=O. The zero-order valence-corrected chi connectivity index (χ0v) is 18.8. The normalized spacial score (nSPS) is 19.1. The predicted octanol–water partition coefficient (Wildman–Crippen LogP) is -1.36. The van der Waals surface area contributed by atoms with Gasteiger partial charge in [-0.15, -0.1) is 0 Å². The van der Waals surface area contributed by atoms with Gasteiger partial charge in [-0.2, -0.15) is 8.42 Å². The van der Waals surface area contributed by atoms with E-state index < -0.39 is 37.6 Å². The summed E-state index contributed by atoms with van der Waals surface area (Å²) in [5.74, 6) is -0.849. The Bertz CT molecular complexity index is 1130. The standard InChI is InChI=1S/C19H22B3NO7S/c1-27-13-8-12(9-14(10-13)28-2)18(20)16(24)15(17(23)29-18)30-31(25,26)19(21,22)11-6-4-3-5-7-11/h3-10H,20-23H2,1-2H3/t18-/m0/s1. The van der Waals surface area contributed by atoms with Gasteiger partial charge < -0.3 is 24.1 Å². The highest BCUT2D eigenvalue weighted by atomic mass is 32.2. The average Bonchev–Trinajstić information content (AvgIpc) is 2.97. The maximum absolute atomic E-state index is 13.2. The predicted molar refractivity (Wildman–Crippen MR) is 122 cm³/mol. The summed E-state index contributed by atoms with van der Waals surface area (Å²) in [6.45, 7) is 0. The Hall–Kier alpha value is -3.01. The fourth-order valence-corrected chi connectivity index (χ4v) is 4.20. The van der Waals surface area contributed by atoms with Gasteiger partial charge in [-0.3, -0.25) is 4.79 Å². The first-order valence-corrected chi connectivity index (χ1v) is 10.8. The van der Waals surface area contributed by atoms with Crippen LogP contribution >= 0.6 is 0 Å². The molecule has 3 rings (SSSR count). The second-order valence-corrected chi connectivity index (χ2v) is 9.77. The molecule has 1 aliphatic rings. The van der Waals surface area contributed by atoms with E-state index in [9.17, 15) is 13.2 Å². The minimum atomic E-state index is -4.31. The molecule has 1 atom stereocenters. The van der Waals surface area contributed by atoms with Crippen LogP contribution in [0.25, 0.3) is 0 Å². The van der Waals surface area contributed by atoms with Crippen LogP contribution in [0.4, 0.5) is 0 Å². The molecule has 2 aromatic rings. The maximum atomic E-state index is 13.2. The Kier molecular flexibility index (Phi) is 5.79. The van der Waals surface area contributed by atoms with Crippen molar-refractivity contribution in [2.45, 2.75) is 10.0 Å². The van der Waals surface area contributed by atoms with Gasteiger partial charge in [-0.05, 0) is 17.7 Å². The smallest absolute Gasteiger partial charge is 0.304 e. The molecule has 2 N–H and O–H groups in total. The first-order chi connectivity index (χ1) is 14.5. The zero-order valence-electron chi connectivity index (χ0n) is 18.0. The molecule has 1 heterocycles. The number of Topliss-reactive ketones (excluding diaryl/α,β-unsaturated/α-hetero) is 1. The second-order valence-electron chi connectivity index (χ2n) is 7.67. The van der Waals surface area contributed by atoms with Crippen molar-refractivity contribution in [2.75, 3.05) is 14.2 Å². The Morgan fingerprint density at radius 3 is 2.10 bits per heavy atom. The number of hydrogen-bond acceptors (Lipinski definition) is 8. The van der Waals surface area contributed by atoms with E-state index in [1.165, 1.54) is 37.8 Å². The van der Waals surface area contributed by atoms with E-state index >= 15 is 0 Å². The van der Waals surface area contributed by atoms with Gasteiger partial charge in [0.05, 0.1) is 18.8 Å². The van der Waals surface area contributed by atoms with Crippen molar-refractivity contribution in [3.8, 4) is 11.5 Å². The highest BCUT2D eigenvalue weighted by molar-refractivity contribution is 7.90. The topological polar surface area (TPSA) is 114 Å². The van der Waals surface area contributed by atoms with Crippen molar-refractivity contribution >= 4 is 39.4 Å². The summed E-state index contributed by atoms with van der Waals surface area (Å²) < 4.78 is 46.1. The van der Waals surface area contributed by atoms with Crippen LogP contribution in [0.3, 0.4) is 0 Å². The Morgan fingerprint density at radius 2 is 1.58 bits per heavy atom. The molecule has 0 aromatic heterocycles. The van der Waals surface area contributed by atoms with Gasteiger partial charge in [-0.1, -0.05) is 30.3 Å². The molecule has 0 bridgehead atoms. The molecule has 2 aromatic carbocycles. The lowest BCUT2D eigenvalue weighted by Crippen LogP contribution is -2.40. The summed E-state index contributed by atoms with van der Waals surface area (Å²) in [6.07, 6.45) is 0. The van der Waals surface area contributed by atoms with E-state index in [0.717, 1.165) is 0 Å². The quantitative estimate of drug-likeness (QED) is 0.415. The summed E-state index contributed by atoms with van der Waals surface area (Å²) in [5, 5.41) is 0. The van der Waals surface area contributed by atoms with Crippen LogP contribution in [0.2, 0.25) is 0 Å². The molecular weight excluding hydrogens is 419 g/mol. The van der Waals surface area contributed by atoms with Crippen molar-refractivity contribution in [3.05, 3.63) is 71.3 Å². The number of ketones is 1. The minimum Gasteiger partial charge on any atom is -0.497 e. The molecule has 0 radical (unpaired) electrons. The van der Waals surface area contributed by atoms with E-state index in [4.69, 9.17) is 24.1 Å². The van der Waals surface area contributed by atoms with Crippen molar-refractivity contribution in [1.29, 1.82) is 0 Å². The maximum Gasteiger partial charge on any atom is 0.304 e. The molecule has 8 nitrogen and oxygen atoms in total. The number of carbonyl (C=O) groups is 1. The van der Waals surface area contributed by atoms with E-state index in [0.29, 0.717) is 22.6 Å². The molecule has 0 unspecified atom stereocenters. The lowest BCUT2D eigenvalue weighted by Gasteiger charge is -2.26. The van der Waals surface area contributed by atoms with Crippen LogP contribution < -0.4 is 15.2 Å². The molecule has 12 heteroatoms. The van der Waals surface area contributed by atoms with Gasteiger partial charge in [0.2, 0.25) is 17.4 Å². The first kappa shape index (κ1) is 22.7. The number of ether oxygens (including phenoxy) is 3. The van der Waals surface area contributed by atoms with E-state index in [1.807, 2.05) is 0 Å². The molecule has 0 fully saturated rings. The third-order valence-corrected chi connectivity index (χ3v) is 7.24. The van der Waals surface area contributed by atoms with E-state index in [-0.39, 0.29) is 0 Å². The first-order valence-electron chi connectivity index (χ1n) is 9.43. The number of methoxy groups -OCH3 is 2. The minimum absolute atomic E-state index is 0.370. The summed E-state index contributed by atoms with van der Waals surface area (Å²) in [6, 6.07) is 13.3.